The van der Waals surface area contributed by atoms with E-state index in [-0.39, 0.29) is 29.6 Å². The number of phenols is 1. The Morgan fingerprint density at radius 2 is 1.78 bits per heavy atom. The molecule has 46 heavy (non-hydrogen) atoms. The number of benzene rings is 2. The summed E-state index contributed by atoms with van der Waals surface area (Å²) in [5.74, 6) is -0.723. The molecular weight excluding hydrogens is 623 g/mol. The second-order valence-electron chi connectivity index (χ2n) is 11.9. The summed E-state index contributed by atoms with van der Waals surface area (Å²) >= 11 is 0. The van der Waals surface area contributed by atoms with Crippen molar-refractivity contribution < 1.29 is 41.0 Å². The van der Waals surface area contributed by atoms with Gasteiger partial charge in [-0.05, 0) is 86.1 Å². The molecule has 2 heterocycles. The van der Waals surface area contributed by atoms with Crippen LogP contribution >= 0.6 is 0 Å². The van der Waals surface area contributed by atoms with Crippen LogP contribution in [0.1, 0.15) is 63.0 Å². The van der Waals surface area contributed by atoms with Gasteiger partial charge in [-0.2, -0.15) is 21.6 Å². The highest BCUT2D eigenvalue weighted by Crippen LogP contribution is 2.45. The summed E-state index contributed by atoms with van der Waals surface area (Å²) < 4.78 is 73.3. The molecule has 2 atom stereocenters. The maximum Gasteiger partial charge on any atom is 0.417 e. The number of esters is 1. The largest absolute Gasteiger partial charge is 0.508 e. The molecule has 1 saturated carbocycles. The van der Waals surface area contributed by atoms with E-state index in [4.69, 9.17) is 4.74 Å². The number of Topliss-reactive ketones (excluding diaryl/α,β-unsaturated/α-hetero) is 1. The Kier molecular flexibility index (Phi) is 9.62. The summed E-state index contributed by atoms with van der Waals surface area (Å²) in [6, 6.07) is 13.1. The fourth-order valence-corrected chi connectivity index (χ4v) is 7.45. The lowest BCUT2D eigenvalue weighted by molar-refractivity contribution is -0.181. The number of hydrogen-bond donors (Lipinski definition) is 2. The van der Waals surface area contributed by atoms with E-state index in [1.807, 2.05) is 19.1 Å². The topological polar surface area (TPSA) is 126 Å². The molecule has 1 aromatic heterocycles. The number of halogens is 3. The van der Waals surface area contributed by atoms with Crippen molar-refractivity contribution in [1.29, 1.82) is 0 Å². The molecule has 5 rings (SSSR count). The van der Waals surface area contributed by atoms with Crippen LogP contribution in [-0.2, 0) is 36.9 Å². The van der Waals surface area contributed by atoms with Crippen LogP contribution in [0.4, 0.5) is 24.5 Å². The predicted octanol–water partition coefficient (Wildman–Crippen LogP) is 6.27. The summed E-state index contributed by atoms with van der Waals surface area (Å²) in [6.45, 7) is 2.18. The number of ketones is 1. The highest BCUT2D eigenvalue weighted by Gasteiger charge is 2.53. The molecule has 1 saturated heterocycles. The van der Waals surface area contributed by atoms with Gasteiger partial charge < -0.3 is 14.7 Å². The van der Waals surface area contributed by atoms with Crippen molar-refractivity contribution >= 4 is 33.2 Å². The van der Waals surface area contributed by atoms with Crippen molar-refractivity contribution in [2.24, 2.45) is 5.92 Å². The smallest absolute Gasteiger partial charge is 0.417 e. The van der Waals surface area contributed by atoms with E-state index >= 15 is 0 Å². The van der Waals surface area contributed by atoms with E-state index in [1.165, 1.54) is 12.1 Å². The number of rotatable bonds is 11. The summed E-state index contributed by atoms with van der Waals surface area (Å²) in [6.07, 6.45) is 1.14. The van der Waals surface area contributed by atoms with Crippen LogP contribution in [0.2, 0.25) is 0 Å². The third-order valence-electron chi connectivity index (χ3n) is 8.72. The Morgan fingerprint density at radius 1 is 1.07 bits per heavy atom. The molecule has 0 spiro atoms. The van der Waals surface area contributed by atoms with E-state index in [2.05, 4.69) is 9.71 Å². The molecule has 9 nitrogen and oxygen atoms in total. The molecular formula is C33H36F3N3O6S. The first kappa shape index (κ1) is 33.2. The summed E-state index contributed by atoms with van der Waals surface area (Å²) in [7, 11) is -4.35. The maximum atomic E-state index is 13.9. The van der Waals surface area contributed by atoms with Crippen molar-refractivity contribution in [3.8, 4) is 5.75 Å². The number of hydrogen-bond acceptors (Lipinski definition) is 8. The Morgan fingerprint density at radius 3 is 2.39 bits per heavy atom. The van der Waals surface area contributed by atoms with Crippen LogP contribution in [-0.4, -0.2) is 48.4 Å². The van der Waals surface area contributed by atoms with Crippen LogP contribution in [0.25, 0.3) is 0 Å². The van der Waals surface area contributed by atoms with Crippen molar-refractivity contribution in [1.82, 2.24) is 4.98 Å². The number of pyridine rings is 1. The lowest BCUT2D eigenvalue weighted by Gasteiger charge is -2.45. The number of ether oxygens (including phenoxy) is 1. The Balaban J connectivity index is 1.37. The van der Waals surface area contributed by atoms with Crippen LogP contribution in [0.5, 0.6) is 5.75 Å². The summed E-state index contributed by atoms with van der Waals surface area (Å²) in [5, 5.41) is 9.05. The normalized spacial score (nSPS) is 20.8. The second-order valence-corrected chi connectivity index (χ2v) is 13.5. The van der Waals surface area contributed by atoms with Crippen molar-refractivity contribution in [2.45, 2.75) is 81.1 Å². The average Bonchev–Trinajstić information content (AvgIpc) is 3.56. The van der Waals surface area contributed by atoms with Gasteiger partial charge in [0.25, 0.3) is 10.0 Å². The van der Waals surface area contributed by atoms with Crippen molar-refractivity contribution in [3.05, 3.63) is 78.0 Å². The summed E-state index contributed by atoms with van der Waals surface area (Å²) in [5.41, 5.74) is -0.589. The highest BCUT2D eigenvalue weighted by atomic mass is 32.2. The molecule has 1 aliphatic heterocycles. The first-order valence-electron chi connectivity index (χ1n) is 15.3. The quantitative estimate of drug-likeness (QED) is 0.182. The lowest BCUT2D eigenvalue weighted by atomic mass is 9.75. The highest BCUT2D eigenvalue weighted by molar-refractivity contribution is 7.92. The molecule has 0 radical (unpaired) electrons. The molecule has 0 amide bonds. The minimum absolute atomic E-state index is 0.0506. The van der Waals surface area contributed by atoms with Gasteiger partial charge in [0.2, 0.25) is 0 Å². The number of cyclic esters (lactones) is 1. The first-order valence-corrected chi connectivity index (χ1v) is 16.8. The number of carbonyl (C=O) groups excluding carboxylic acids is 2. The van der Waals surface area contributed by atoms with E-state index in [0.717, 1.165) is 37.3 Å². The third-order valence-corrected chi connectivity index (χ3v) is 10.0. The number of nitrogens with zero attached hydrogens (tertiary/aromatic N) is 2. The molecule has 2 aromatic carbocycles. The monoisotopic (exact) mass is 659 g/mol. The number of carbonyl (C=O) groups is 2. The first-order chi connectivity index (χ1) is 21.8. The van der Waals surface area contributed by atoms with Gasteiger partial charge in [-0.3, -0.25) is 9.52 Å². The van der Waals surface area contributed by atoms with Crippen molar-refractivity contribution in [2.75, 3.05) is 16.2 Å². The van der Waals surface area contributed by atoms with Gasteiger partial charge in [0.05, 0.1) is 11.3 Å². The number of aryl methyl sites for hydroxylation is 1. The number of anilines is 2. The van der Waals surface area contributed by atoms with Crippen LogP contribution in [0.15, 0.2) is 71.9 Å². The van der Waals surface area contributed by atoms with Crippen LogP contribution in [0, 0.1) is 5.92 Å². The fourth-order valence-electron chi connectivity index (χ4n) is 6.47. The standard InChI is InChI=1S/C33H36F3N3O6S/c1-2-18-39(26-9-5-8-25(19-26)38-46(43,44)29-15-12-24(21-37-29)33(34,35)36)30-28(41)20-32(45-31(30)42,23-6-3-4-7-23)17-16-22-10-13-27(40)14-11-22/h5,8-15,19,21,23,30,38,40H,2-4,6-7,16-18,20H2,1H3. The van der Waals surface area contributed by atoms with Crippen LogP contribution in [0.3, 0.4) is 0 Å². The third kappa shape index (κ3) is 7.30. The minimum atomic E-state index is -4.67. The Labute approximate surface area is 265 Å². The Hall–Kier alpha value is -4.13. The molecule has 3 aromatic rings. The minimum Gasteiger partial charge on any atom is -0.508 e. The summed E-state index contributed by atoms with van der Waals surface area (Å²) in [4.78, 5) is 32.8. The van der Waals surface area contributed by atoms with Gasteiger partial charge in [-0.15, -0.1) is 0 Å². The molecule has 2 fully saturated rings. The van der Waals surface area contributed by atoms with Gasteiger partial charge in [0, 0.05) is 24.8 Å². The molecule has 2 unspecified atom stereocenters. The Bertz CT molecular complexity index is 1640. The maximum absolute atomic E-state index is 13.9. The SMILES string of the molecule is CCCN(c1cccc(NS(=O)(=O)c2ccc(C(F)(F)F)cn2)c1)C1C(=O)CC(CCc2ccc(O)cc2)(C2CCCC2)OC1=O. The van der Waals surface area contributed by atoms with E-state index in [9.17, 15) is 36.3 Å². The number of alkyl halides is 3. The van der Waals surface area contributed by atoms with E-state index in [0.29, 0.717) is 43.8 Å². The van der Waals surface area contributed by atoms with Gasteiger partial charge >= 0.3 is 12.1 Å². The molecule has 246 valence electrons. The average molecular weight is 660 g/mol. The predicted molar refractivity (Wildman–Crippen MR) is 165 cm³/mol. The number of nitrogens with one attached hydrogen (secondary N) is 1. The van der Waals surface area contributed by atoms with Crippen LogP contribution < -0.4 is 9.62 Å². The van der Waals surface area contributed by atoms with Gasteiger partial charge in [-0.25, -0.2) is 9.78 Å². The molecule has 2 N–H and O–H groups in total. The zero-order valence-electron chi connectivity index (χ0n) is 25.3. The number of phenolic OH excluding ortho intramolecular Hbond substituents is 1. The van der Waals surface area contributed by atoms with Gasteiger partial charge in [-0.1, -0.05) is 38.0 Å². The number of aromatic nitrogens is 1. The van der Waals surface area contributed by atoms with E-state index < -0.39 is 44.4 Å². The van der Waals surface area contributed by atoms with Gasteiger partial charge in [0.15, 0.2) is 16.9 Å². The molecule has 13 heteroatoms. The van der Waals surface area contributed by atoms with Crippen molar-refractivity contribution in [3.63, 3.8) is 0 Å². The molecule has 0 bridgehead atoms. The van der Waals surface area contributed by atoms with Gasteiger partial charge in [0.1, 0.15) is 11.4 Å². The number of sulfonamides is 1. The molecule has 2 aliphatic rings. The molecule has 1 aliphatic carbocycles. The lowest BCUT2D eigenvalue weighted by Crippen LogP contribution is -2.59. The zero-order valence-corrected chi connectivity index (χ0v) is 26.1. The number of aromatic hydroxyl groups is 1. The van der Waals surface area contributed by atoms with E-state index in [1.54, 1.807) is 29.2 Å². The zero-order chi connectivity index (χ0) is 33.1. The fraction of sp³-hybridized carbons (Fsp3) is 0.424. The second kappa shape index (κ2) is 13.3.